The highest BCUT2D eigenvalue weighted by Gasteiger charge is 2.65. The molecule has 14 heteroatoms. The Bertz CT molecular complexity index is 1820. The van der Waals surface area contributed by atoms with Gasteiger partial charge in [-0.25, -0.2) is 4.79 Å². The highest BCUT2D eigenvalue weighted by atomic mass is 16.7. The van der Waals surface area contributed by atoms with Crippen LogP contribution in [0.3, 0.4) is 0 Å². The number of unbranched alkanes of at least 4 members (excludes halogenated alkanes) is 2. The van der Waals surface area contributed by atoms with E-state index in [1.807, 2.05) is 32.9 Å². The van der Waals surface area contributed by atoms with Crippen molar-refractivity contribution in [3.8, 4) is 11.5 Å². The van der Waals surface area contributed by atoms with Crippen molar-refractivity contribution >= 4 is 17.5 Å². The fourth-order valence-electron chi connectivity index (χ4n) is 8.81. The zero-order valence-electron chi connectivity index (χ0n) is 35.1. The van der Waals surface area contributed by atoms with Crippen molar-refractivity contribution in [2.24, 2.45) is 28.3 Å². The molecule has 6 rings (SSSR count). The number of ether oxygens (including phenoxy) is 4. The molecular weight excluding hydrogens is 757 g/mol. The number of rotatable bonds is 21. The maximum absolute atomic E-state index is 14.1. The van der Waals surface area contributed by atoms with Crippen LogP contribution in [0.25, 0.3) is 0 Å². The lowest BCUT2D eigenvalue weighted by Crippen LogP contribution is -2.69. The van der Waals surface area contributed by atoms with Crippen molar-refractivity contribution in [2.75, 3.05) is 59.7 Å². The van der Waals surface area contributed by atoms with E-state index in [1.54, 1.807) is 30.2 Å². The molecule has 322 valence electrons. The molecule has 0 bridgehead atoms. The number of hydrogen-bond donors (Lipinski definition) is 2. The van der Waals surface area contributed by atoms with Crippen molar-refractivity contribution < 1.29 is 43.7 Å². The SMILES string of the molecule is C=CCOC12Oc3ccc(OCCN4CC4)cc3C3C(CCCCO)C(CCCCO)C=C(C(=NOCc4ccc([N+](=O)[O-])cc4)CC1N(C)C(=O)OCC(C)(C)C)C32. The Labute approximate surface area is 347 Å². The van der Waals surface area contributed by atoms with Gasteiger partial charge >= 0.3 is 6.09 Å². The summed E-state index contributed by atoms with van der Waals surface area (Å²) in [6.07, 6.45) is 8.22. The second-order valence-corrected chi connectivity index (χ2v) is 17.4. The molecular formula is C45H62N4O10. The lowest BCUT2D eigenvalue weighted by Gasteiger charge is -2.59. The van der Waals surface area contributed by atoms with E-state index in [-0.39, 0.29) is 68.3 Å². The molecule has 6 atom stereocenters. The van der Waals surface area contributed by atoms with Crippen molar-refractivity contribution in [3.05, 3.63) is 88.0 Å². The Hall–Kier alpha value is -4.50. The smallest absolute Gasteiger partial charge is 0.410 e. The van der Waals surface area contributed by atoms with Gasteiger partial charge in [0, 0.05) is 69.9 Å². The van der Waals surface area contributed by atoms with Crippen LogP contribution < -0.4 is 9.47 Å². The van der Waals surface area contributed by atoms with Gasteiger partial charge in [-0.3, -0.25) is 15.0 Å². The average Bonchev–Trinajstić information content (AvgIpc) is 4.05. The van der Waals surface area contributed by atoms with E-state index in [4.69, 9.17) is 28.9 Å². The van der Waals surface area contributed by atoms with Gasteiger partial charge in [0.1, 0.15) is 30.8 Å². The van der Waals surface area contributed by atoms with Crippen molar-refractivity contribution in [1.82, 2.24) is 9.80 Å². The fourth-order valence-corrected chi connectivity index (χ4v) is 8.81. The number of nitrogens with zero attached hydrogens (tertiary/aromatic N) is 4. The molecule has 6 unspecified atom stereocenters. The number of carbonyl (C=O) groups excluding carboxylic acids is 1. The highest BCUT2D eigenvalue weighted by Crippen LogP contribution is 2.61. The van der Waals surface area contributed by atoms with Crippen molar-refractivity contribution in [3.63, 3.8) is 0 Å². The zero-order valence-corrected chi connectivity index (χ0v) is 35.1. The lowest BCUT2D eigenvalue weighted by molar-refractivity contribution is -0.384. The van der Waals surface area contributed by atoms with Gasteiger partial charge in [-0.15, -0.1) is 6.58 Å². The maximum Gasteiger partial charge on any atom is 0.410 e. The molecule has 0 aromatic heterocycles. The molecule has 1 saturated carbocycles. The number of aliphatic hydroxyl groups excluding tert-OH is 2. The Morgan fingerprint density at radius 2 is 1.83 bits per heavy atom. The zero-order chi connectivity index (χ0) is 42.2. The summed E-state index contributed by atoms with van der Waals surface area (Å²) in [5, 5.41) is 35.8. The number of fused-ring (bicyclic) bond motifs is 2. The van der Waals surface area contributed by atoms with Gasteiger partial charge in [-0.2, -0.15) is 0 Å². The molecule has 4 aliphatic rings. The maximum atomic E-state index is 14.1. The van der Waals surface area contributed by atoms with E-state index < -0.39 is 28.8 Å². The molecule has 0 spiro atoms. The predicted molar refractivity (Wildman–Crippen MR) is 223 cm³/mol. The van der Waals surface area contributed by atoms with Gasteiger partial charge < -0.3 is 38.9 Å². The van der Waals surface area contributed by atoms with Crippen LogP contribution >= 0.6 is 0 Å². The van der Waals surface area contributed by atoms with Crippen LogP contribution in [-0.4, -0.2) is 108 Å². The predicted octanol–water partition coefficient (Wildman–Crippen LogP) is 7.24. The minimum atomic E-state index is -1.41. The first-order valence-electron chi connectivity index (χ1n) is 21.1. The third kappa shape index (κ3) is 10.6. The first-order chi connectivity index (χ1) is 28.4. The number of carbonyl (C=O) groups is 1. The molecule has 2 N–H and O–H groups in total. The molecule has 2 aromatic carbocycles. The Morgan fingerprint density at radius 3 is 2.49 bits per heavy atom. The number of benzene rings is 2. The Kier molecular flexibility index (Phi) is 14.7. The average molecular weight is 819 g/mol. The van der Waals surface area contributed by atoms with E-state index in [9.17, 15) is 25.1 Å². The van der Waals surface area contributed by atoms with Crippen LogP contribution in [-0.2, 0) is 20.9 Å². The van der Waals surface area contributed by atoms with E-state index in [0.29, 0.717) is 36.5 Å². The molecule has 1 amide bonds. The van der Waals surface area contributed by atoms with Gasteiger partial charge in [0.25, 0.3) is 5.69 Å². The molecule has 2 heterocycles. The quantitative estimate of drug-likeness (QED) is 0.0429. The Balaban J connectivity index is 1.50. The summed E-state index contributed by atoms with van der Waals surface area (Å²) in [6.45, 7) is 14.2. The number of non-ortho nitro benzene ring substituents is 1. The van der Waals surface area contributed by atoms with Gasteiger partial charge in [0.2, 0.25) is 5.79 Å². The Morgan fingerprint density at radius 1 is 1.10 bits per heavy atom. The number of oxime groups is 1. The summed E-state index contributed by atoms with van der Waals surface area (Å²) in [5.41, 5.74) is 2.94. The van der Waals surface area contributed by atoms with Gasteiger partial charge in [0.15, 0.2) is 0 Å². The largest absolute Gasteiger partial charge is 0.492 e. The molecule has 2 aromatic rings. The second kappa shape index (κ2) is 19.7. The first kappa shape index (κ1) is 44.1. The number of likely N-dealkylation sites (N-methyl/N-ethyl adjacent to an activating group) is 1. The number of hydrogen-bond acceptors (Lipinski definition) is 12. The van der Waals surface area contributed by atoms with Crippen LogP contribution in [0.5, 0.6) is 11.5 Å². The summed E-state index contributed by atoms with van der Waals surface area (Å²) >= 11 is 0. The second-order valence-electron chi connectivity index (χ2n) is 17.4. The number of amides is 1. The van der Waals surface area contributed by atoms with Gasteiger partial charge in [-0.05, 0) is 84.4 Å². The van der Waals surface area contributed by atoms with Crippen LogP contribution in [0.2, 0.25) is 0 Å². The van der Waals surface area contributed by atoms with E-state index in [0.717, 1.165) is 62.2 Å². The molecule has 1 saturated heterocycles. The lowest BCUT2D eigenvalue weighted by atomic mass is 9.55. The normalized spacial score (nSPS) is 25.2. The topological polar surface area (TPSA) is 165 Å². The number of allylic oxidation sites excluding steroid dienone is 1. The minimum absolute atomic E-state index is 0.0153. The first-order valence-corrected chi connectivity index (χ1v) is 21.1. The molecule has 59 heavy (non-hydrogen) atoms. The summed E-state index contributed by atoms with van der Waals surface area (Å²) in [4.78, 5) is 34.9. The fraction of sp³-hybridized carbons (Fsp3) is 0.600. The summed E-state index contributed by atoms with van der Waals surface area (Å²) in [5.74, 6) is -0.558. The van der Waals surface area contributed by atoms with Crippen molar-refractivity contribution in [1.29, 1.82) is 0 Å². The van der Waals surface area contributed by atoms with Crippen LogP contribution in [0.4, 0.5) is 10.5 Å². The number of nitro benzene ring substituents is 1. The molecule has 2 fully saturated rings. The van der Waals surface area contributed by atoms with E-state index >= 15 is 0 Å². The molecule has 0 radical (unpaired) electrons. The van der Waals surface area contributed by atoms with Crippen LogP contribution in [0, 0.1) is 33.3 Å². The van der Waals surface area contributed by atoms with E-state index in [1.165, 1.54) is 12.1 Å². The summed E-state index contributed by atoms with van der Waals surface area (Å²) in [7, 11) is 1.71. The summed E-state index contributed by atoms with van der Waals surface area (Å²) in [6, 6.07) is 11.4. The molecule has 14 nitrogen and oxygen atoms in total. The molecule has 2 aliphatic carbocycles. The molecule has 2 aliphatic heterocycles. The third-order valence-electron chi connectivity index (χ3n) is 11.8. The number of aliphatic hydroxyl groups is 2. The van der Waals surface area contributed by atoms with Crippen LogP contribution in [0.15, 0.2) is 71.9 Å². The highest BCUT2D eigenvalue weighted by molar-refractivity contribution is 6.02. The number of nitro groups is 1. The minimum Gasteiger partial charge on any atom is -0.492 e. The van der Waals surface area contributed by atoms with Crippen LogP contribution in [0.1, 0.15) is 82.8 Å². The third-order valence-corrected chi connectivity index (χ3v) is 11.8. The van der Waals surface area contributed by atoms with Gasteiger partial charge in [0.05, 0.1) is 29.8 Å². The van der Waals surface area contributed by atoms with Crippen molar-refractivity contribution in [2.45, 2.75) is 90.1 Å². The monoisotopic (exact) mass is 818 g/mol. The van der Waals surface area contributed by atoms with Gasteiger partial charge in [-0.1, -0.05) is 50.9 Å². The van der Waals surface area contributed by atoms with E-state index in [2.05, 4.69) is 23.6 Å². The summed E-state index contributed by atoms with van der Waals surface area (Å²) < 4.78 is 26.4. The standard InChI is InChI=1S/C45H62N4O10/c1-6-24-57-45-40(47(5)43(52)56-30-44(2,3)4)28-38(46-58-29-31-13-15-33(16-14-31)49(53)54)36-26-32(11-7-9-22-50)35(12-8-10-23-51)41(42(36)45)37-27-34(17-18-39(37)59-45)55-25-21-48-19-20-48/h6,13-18,26-27,32,35,40-42,50-51H,1,7-12,19-25,28-30H2,2-5H3.